The summed E-state index contributed by atoms with van der Waals surface area (Å²) in [5.41, 5.74) is 1.23. The summed E-state index contributed by atoms with van der Waals surface area (Å²) in [6.45, 7) is 5.49. The molecule has 5 nitrogen and oxygen atoms in total. The summed E-state index contributed by atoms with van der Waals surface area (Å²) in [4.78, 5) is 19.2. The maximum atomic E-state index is 10.5. The number of carboxylic acid groups (broad SMARTS) is 1. The summed E-state index contributed by atoms with van der Waals surface area (Å²) in [7, 11) is 0. The number of piperazine rings is 1. The molecule has 106 valence electrons. The molecule has 0 atom stereocenters. The average molecular weight is 286 g/mol. The van der Waals surface area contributed by atoms with Gasteiger partial charge in [0, 0.05) is 51.7 Å². The maximum absolute atomic E-state index is 10.5. The van der Waals surface area contributed by atoms with Gasteiger partial charge in [0.1, 0.15) is 0 Å². The van der Waals surface area contributed by atoms with Crippen LogP contribution in [0.15, 0.2) is 24.5 Å². The quantitative estimate of drug-likeness (QED) is 0.878. The topological polar surface area (TPSA) is 56.7 Å². The SMILES string of the molecule is Cl.O=C(O)CCN1CCN(Cc2cccnc2)CC1. The Hall–Kier alpha value is -1.17. The Balaban J connectivity index is 0.00000180. The lowest BCUT2D eigenvalue weighted by molar-refractivity contribution is -0.137. The maximum Gasteiger partial charge on any atom is 0.304 e. The van der Waals surface area contributed by atoms with Gasteiger partial charge in [-0.05, 0) is 11.6 Å². The first-order valence-electron chi connectivity index (χ1n) is 6.29. The molecule has 1 aromatic heterocycles. The third kappa shape index (κ3) is 5.55. The third-order valence-corrected chi connectivity index (χ3v) is 3.24. The molecule has 0 aromatic carbocycles. The summed E-state index contributed by atoms with van der Waals surface area (Å²) in [5.74, 6) is -0.715. The van der Waals surface area contributed by atoms with Crippen LogP contribution in [0.25, 0.3) is 0 Å². The fourth-order valence-corrected chi connectivity index (χ4v) is 2.17. The van der Waals surface area contributed by atoms with Crippen LogP contribution in [0.4, 0.5) is 0 Å². The zero-order valence-electron chi connectivity index (χ0n) is 10.9. The van der Waals surface area contributed by atoms with Crippen LogP contribution >= 0.6 is 12.4 Å². The molecule has 1 aromatic rings. The fourth-order valence-electron chi connectivity index (χ4n) is 2.17. The Kier molecular flexibility index (Phi) is 6.77. The number of nitrogens with zero attached hydrogens (tertiary/aromatic N) is 3. The van der Waals surface area contributed by atoms with Crippen LogP contribution < -0.4 is 0 Å². The van der Waals surface area contributed by atoms with Crippen molar-refractivity contribution in [1.82, 2.24) is 14.8 Å². The predicted octanol–water partition coefficient (Wildman–Crippen LogP) is 1.10. The first-order valence-corrected chi connectivity index (χ1v) is 6.29. The highest BCUT2D eigenvalue weighted by Gasteiger charge is 2.17. The van der Waals surface area contributed by atoms with Gasteiger partial charge in [-0.15, -0.1) is 12.4 Å². The summed E-state index contributed by atoms with van der Waals surface area (Å²) < 4.78 is 0. The summed E-state index contributed by atoms with van der Waals surface area (Å²) >= 11 is 0. The van der Waals surface area contributed by atoms with Crippen LogP contribution in [0.1, 0.15) is 12.0 Å². The second-order valence-electron chi connectivity index (χ2n) is 4.62. The first kappa shape index (κ1) is 15.9. The summed E-state index contributed by atoms with van der Waals surface area (Å²) in [5, 5.41) is 8.65. The third-order valence-electron chi connectivity index (χ3n) is 3.24. The lowest BCUT2D eigenvalue weighted by atomic mass is 10.2. The second-order valence-corrected chi connectivity index (χ2v) is 4.62. The number of halogens is 1. The highest BCUT2D eigenvalue weighted by Crippen LogP contribution is 2.07. The van der Waals surface area contributed by atoms with Gasteiger partial charge in [0.15, 0.2) is 0 Å². The molecule has 0 aliphatic carbocycles. The molecule has 1 aliphatic rings. The smallest absolute Gasteiger partial charge is 0.304 e. The van der Waals surface area contributed by atoms with Crippen LogP contribution in [-0.4, -0.2) is 58.6 Å². The minimum absolute atomic E-state index is 0. The Bertz CT molecular complexity index is 381. The van der Waals surface area contributed by atoms with E-state index in [9.17, 15) is 4.79 Å². The molecule has 0 amide bonds. The molecule has 0 spiro atoms. The number of carbonyl (C=O) groups is 1. The van der Waals surface area contributed by atoms with Gasteiger partial charge in [0.2, 0.25) is 0 Å². The molecular weight excluding hydrogens is 266 g/mol. The van der Waals surface area contributed by atoms with E-state index in [1.165, 1.54) is 5.56 Å². The van der Waals surface area contributed by atoms with Crippen LogP contribution in [0, 0.1) is 0 Å². The van der Waals surface area contributed by atoms with E-state index >= 15 is 0 Å². The van der Waals surface area contributed by atoms with Crippen molar-refractivity contribution in [2.24, 2.45) is 0 Å². The largest absolute Gasteiger partial charge is 0.481 e. The number of carboxylic acids is 1. The Morgan fingerprint density at radius 3 is 2.53 bits per heavy atom. The van der Waals surface area contributed by atoms with Gasteiger partial charge < -0.3 is 10.0 Å². The molecule has 2 heterocycles. The van der Waals surface area contributed by atoms with Crippen molar-refractivity contribution in [3.8, 4) is 0 Å². The lowest BCUT2D eigenvalue weighted by Crippen LogP contribution is -2.46. The van der Waals surface area contributed by atoms with Crippen molar-refractivity contribution >= 4 is 18.4 Å². The van der Waals surface area contributed by atoms with Gasteiger partial charge >= 0.3 is 5.97 Å². The Morgan fingerprint density at radius 1 is 1.26 bits per heavy atom. The van der Waals surface area contributed by atoms with Crippen molar-refractivity contribution in [2.75, 3.05) is 32.7 Å². The van der Waals surface area contributed by atoms with Crippen molar-refractivity contribution in [1.29, 1.82) is 0 Å². The van der Waals surface area contributed by atoms with Gasteiger partial charge in [0.05, 0.1) is 6.42 Å². The van der Waals surface area contributed by atoms with Crippen molar-refractivity contribution in [3.05, 3.63) is 30.1 Å². The zero-order valence-corrected chi connectivity index (χ0v) is 11.7. The molecule has 1 saturated heterocycles. The number of hydrogen-bond acceptors (Lipinski definition) is 4. The van der Waals surface area contributed by atoms with E-state index in [1.54, 1.807) is 6.20 Å². The molecule has 1 fully saturated rings. The van der Waals surface area contributed by atoms with Crippen molar-refractivity contribution < 1.29 is 9.90 Å². The molecule has 0 saturated carbocycles. The van der Waals surface area contributed by atoms with Gasteiger partial charge in [-0.25, -0.2) is 0 Å². The van der Waals surface area contributed by atoms with E-state index in [2.05, 4.69) is 20.9 Å². The molecule has 0 radical (unpaired) electrons. The predicted molar refractivity (Wildman–Crippen MR) is 75.5 cm³/mol. The molecule has 19 heavy (non-hydrogen) atoms. The van der Waals surface area contributed by atoms with E-state index in [0.29, 0.717) is 6.54 Å². The number of pyridine rings is 1. The molecule has 1 N–H and O–H groups in total. The van der Waals surface area contributed by atoms with E-state index in [1.807, 2.05) is 12.3 Å². The number of rotatable bonds is 5. The lowest BCUT2D eigenvalue weighted by Gasteiger charge is -2.34. The van der Waals surface area contributed by atoms with E-state index in [-0.39, 0.29) is 18.8 Å². The molecule has 2 rings (SSSR count). The molecule has 1 aliphatic heterocycles. The van der Waals surface area contributed by atoms with E-state index < -0.39 is 5.97 Å². The highest BCUT2D eigenvalue weighted by molar-refractivity contribution is 5.85. The van der Waals surface area contributed by atoms with Crippen LogP contribution in [-0.2, 0) is 11.3 Å². The summed E-state index contributed by atoms with van der Waals surface area (Å²) in [6, 6.07) is 4.04. The van der Waals surface area contributed by atoms with Gasteiger partial charge in [-0.2, -0.15) is 0 Å². The molecule has 0 unspecified atom stereocenters. The highest BCUT2D eigenvalue weighted by atomic mass is 35.5. The van der Waals surface area contributed by atoms with E-state index in [0.717, 1.165) is 32.7 Å². The monoisotopic (exact) mass is 285 g/mol. The average Bonchev–Trinajstić information content (AvgIpc) is 2.39. The first-order chi connectivity index (χ1) is 8.74. The van der Waals surface area contributed by atoms with E-state index in [4.69, 9.17) is 5.11 Å². The number of hydrogen-bond donors (Lipinski definition) is 1. The number of aliphatic carboxylic acids is 1. The van der Waals surface area contributed by atoms with Crippen LogP contribution in [0.5, 0.6) is 0 Å². The van der Waals surface area contributed by atoms with Gasteiger partial charge in [-0.1, -0.05) is 6.07 Å². The van der Waals surface area contributed by atoms with Gasteiger partial charge in [0.25, 0.3) is 0 Å². The minimum Gasteiger partial charge on any atom is -0.481 e. The Morgan fingerprint density at radius 2 is 1.95 bits per heavy atom. The van der Waals surface area contributed by atoms with Crippen molar-refractivity contribution in [3.63, 3.8) is 0 Å². The van der Waals surface area contributed by atoms with Crippen molar-refractivity contribution in [2.45, 2.75) is 13.0 Å². The molecule has 6 heteroatoms. The van der Waals surface area contributed by atoms with Crippen LogP contribution in [0.2, 0.25) is 0 Å². The van der Waals surface area contributed by atoms with Crippen LogP contribution in [0.3, 0.4) is 0 Å². The molecular formula is C13H20ClN3O2. The van der Waals surface area contributed by atoms with Gasteiger partial charge in [-0.3, -0.25) is 14.7 Å². The fraction of sp³-hybridized carbons (Fsp3) is 0.538. The second kappa shape index (κ2) is 8.09. The zero-order chi connectivity index (χ0) is 12.8. The minimum atomic E-state index is -0.715. The standard InChI is InChI=1S/C13H19N3O2.ClH/c17-13(18)3-5-15-6-8-16(9-7-15)11-12-2-1-4-14-10-12;/h1-2,4,10H,3,5-9,11H2,(H,17,18);1H. The summed E-state index contributed by atoms with van der Waals surface area (Å²) in [6.07, 6.45) is 3.92. The molecule has 0 bridgehead atoms. The number of aromatic nitrogens is 1. The Labute approximate surface area is 119 Å². The normalized spacial score (nSPS) is 16.8.